The Labute approximate surface area is 255 Å². The summed E-state index contributed by atoms with van der Waals surface area (Å²) < 4.78 is 33.5. The molecule has 13 nitrogen and oxygen atoms in total. The highest BCUT2D eigenvalue weighted by Gasteiger charge is 2.40. The molecule has 1 saturated carbocycles. The quantitative estimate of drug-likeness (QED) is 0.168. The van der Waals surface area contributed by atoms with Gasteiger partial charge in [0.15, 0.2) is 10.7 Å². The molecule has 224 valence electrons. The van der Waals surface area contributed by atoms with E-state index in [2.05, 4.69) is 20.7 Å². The summed E-state index contributed by atoms with van der Waals surface area (Å²) in [6, 6.07) is 9.58. The van der Waals surface area contributed by atoms with E-state index in [-0.39, 0.29) is 50.9 Å². The number of nitro groups is 1. The molecule has 3 aromatic rings. The number of nitro benzene ring substituents is 1. The van der Waals surface area contributed by atoms with Gasteiger partial charge in [0.25, 0.3) is 11.6 Å². The van der Waals surface area contributed by atoms with Crippen molar-refractivity contribution in [3.8, 4) is 0 Å². The SMILES string of the molecule is CC(NC(=O)c1cc(Cl)ccc1NC(=O)C1CC(c2cccc(S(=O)(=O)O)c2[N+](=O)[O-])=NN1c1ncccc1Cl)C1CC1. The van der Waals surface area contributed by atoms with Gasteiger partial charge >= 0.3 is 10.1 Å². The zero-order valence-corrected chi connectivity index (χ0v) is 24.7. The van der Waals surface area contributed by atoms with E-state index in [0.29, 0.717) is 5.92 Å². The predicted molar refractivity (Wildman–Crippen MR) is 159 cm³/mol. The summed E-state index contributed by atoms with van der Waals surface area (Å²) in [5, 5.41) is 23.6. The highest BCUT2D eigenvalue weighted by molar-refractivity contribution is 7.86. The first-order chi connectivity index (χ1) is 20.3. The highest BCUT2D eigenvalue weighted by atomic mass is 35.5. The average Bonchev–Trinajstić information content (AvgIpc) is 3.72. The first kappa shape index (κ1) is 30.4. The van der Waals surface area contributed by atoms with Crippen LogP contribution in [0.1, 0.15) is 42.1 Å². The number of hydrogen-bond acceptors (Lipinski definition) is 9. The number of anilines is 2. The van der Waals surface area contributed by atoms with Gasteiger partial charge in [-0.3, -0.25) is 24.3 Å². The number of hydrogen-bond donors (Lipinski definition) is 3. The minimum atomic E-state index is -4.97. The van der Waals surface area contributed by atoms with E-state index < -0.39 is 43.5 Å². The van der Waals surface area contributed by atoms with E-state index in [4.69, 9.17) is 23.2 Å². The molecule has 2 aliphatic rings. The first-order valence-corrected chi connectivity index (χ1v) is 15.2. The Bertz CT molecular complexity index is 1780. The smallest absolute Gasteiger partial charge is 0.301 e. The number of carbonyl (C=O) groups excluding carboxylic acids is 2. The van der Waals surface area contributed by atoms with Crippen LogP contribution in [0.15, 0.2) is 64.7 Å². The molecule has 3 N–H and O–H groups in total. The summed E-state index contributed by atoms with van der Waals surface area (Å²) in [5.41, 5.74) is -0.876. The minimum absolute atomic E-state index is 0.0357. The number of para-hydroxylation sites is 1. The van der Waals surface area contributed by atoms with Crippen LogP contribution in [-0.4, -0.2) is 52.5 Å². The molecule has 0 radical (unpaired) electrons. The third-order valence-electron chi connectivity index (χ3n) is 7.11. The third kappa shape index (κ3) is 6.46. The zero-order valence-electron chi connectivity index (χ0n) is 22.4. The molecule has 16 heteroatoms. The lowest BCUT2D eigenvalue weighted by molar-refractivity contribution is -0.388. The maximum atomic E-state index is 13.8. The van der Waals surface area contributed by atoms with Gasteiger partial charge in [-0.15, -0.1) is 0 Å². The first-order valence-electron chi connectivity index (χ1n) is 13.0. The summed E-state index contributed by atoms with van der Waals surface area (Å²) in [6.07, 6.45) is 3.19. The Kier molecular flexibility index (Phi) is 8.38. The van der Waals surface area contributed by atoms with E-state index in [1.807, 2.05) is 6.92 Å². The Morgan fingerprint density at radius 3 is 2.56 bits per heavy atom. The molecule has 2 aromatic carbocycles. The molecule has 43 heavy (non-hydrogen) atoms. The van der Waals surface area contributed by atoms with Crippen LogP contribution in [0.2, 0.25) is 10.0 Å². The van der Waals surface area contributed by atoms with Crippen molar-refractivity contribution >= 4 is 68.0 Å². The largest absolute Gasteiger partial charge is 0.349 e. The number of nitrogens with one attached hydrogen (secondary N) is 2. The van der Waals surface area contributed by atoms with Gasteiger partial charge < -0.3 is 10.6 Å². The number of hydrazone groups is 1. The second-order valence-electron chi connectivity index (χ2n) is 10.1. The molecular formula is C27H24Cl2N6O7S. The monoisotopic (exact) mass is 646 g/mol. The second kappa shape index (κ2) is 11.9. The van der Waals surface area contributed by atoms with Crippen LogP contribution in [0.4, 0.5) is 17.2 Å². The van der Waals surface area contributed by atoms with E-state index in [1.165, 1.54) is 47.6 Å². The Hall–Kier alpha value is -4.11. The van der Waals surface area contributed by atoms with Gasteiger partial charge in [0.05, 0.1) is 32.5 Å². The number of carbonyl (C=O) groups is 2. The number of halogens is 2. The van der Waals surface area contributed by atoms with E-state index >= 15 is 0 Å². The third-order valence-corrected chi connectivity index (χ3v) is 8.53. The van der Waals surface area contributed by atoms with Crippen LogP contribution in [0.25, 0.3) is 0 Å². The van der Waals surface area contributed by atoms with Crippen LogP contribution in [0.5, 0.6) is 0 Å². The van der Waals surface area contributed by atoms with Gasteiger partial charge in [-0.2, -0.15) is 13.5 Å². The van der Waals surface area contributed by atoms with Crippen molar-refractivity contribution in [2.45, 2.75) is 43.2 Å². The standard InChI is InChI=1S/C27H24Cl2N6O7S/c1-14(15-7-8-15)31-26(36)18-12-16(28)9-10-20(18)32-27(37)22-13-21(33-34(22)25-19(29)5-3-11-30-25)17-4-2-6-23(43(40,41)42)24(17)35(38)39/h2-6,9-12,14-15,22H,7-8,13H2,1H3,(H,31,36)(H,32,37)(H,40,41,42). The number of benzene rings is 2. The zero-order chi connectivity index (χ0) is 31.1. The predicted octanol–water partition coefficient (Wildman–Crippen LogP) is 4.69. The lowest BCUT2D eigenvalue weighted by Gasteiger charge is -2.23. The fraction of sp³-hybridized carbons (Fsp3) is 0.259. The van der Waals surface area contributed by atoms with Crippen molar-refractivity contribution in [2.75, 3.05) is 10.3 Å². The Morgan fingerprint density at radius 1 is 1.16 bits per heavy atom. The molecule has 2 amide bonds. The summed E-state index contributed by atoms with van der Waals surface area (Å²) in [4.78, 5) is 41.2. The average molecular weight is 647 g/mol. The van der Waals surface area contributed by atoms with Crippen LogP contribution in [0, 0.1) is 16.0 Å². The number of nitrogens with zero attached hydrogens (tertiary/aromatic N) is 4. The van der Waals surface area contributed by atoms with Crippen molar-refractivity contribution < 1.29 is 27.5 Å². The van der Waals surface area contributed by atoms with Crippen LogP contribution >= 0.6 is 23.2 Å². The van der Waals surface area contributed by atoms with Gasteiger partial charge in [-0.25, -0.2) is 9.99 Å². The van der Waals surface area contributed by atoms with Crippen molar-refractivity contribution in [3.05, 3.63) is 86.0 Å². The number of aromatic nitrogens is 1. The number of pyridine rings is 1. The molecule has 1 fully saturated rings. The molecule has 0 bridgehead atoms. The summed E-state index contributed by atoms with van der Waals surface area (Å²) in [7, 11) is -4.97. The topological polar surface area (TPSA) is 184 Å². The van der Waals surface area contributed by atoms with Gasteiger partial charge in [0, 0.05) is 23.7 Å². The maximum absolute atomic E-state index is 13.8. The van der Waals surface area contributed by atoms with Crippen molar-refractivity contribution in [1.82, 2.24) is 10.3 Å². The lowest BCUT2D eigenvalue weighted by atomic mass is 10.0. The van der Waals surface area contributed by atoms with Crippen LogP contribution in [-0.2, 0) is 14.9 Å². The molecule has 1 aliphatic heterocycles. The van der Waals surface area contributed by atoms with E-state index in [9.17, 15) is 32.7 Å². The molecule has 0 spiro atoms. The summed E-state index contributed by atoms with van der Waals surface area (Å²) in [6.45, 7) is 1.90. The molecular weight excluding hydrogens is 623 g/mol. The molecule has 2 atom stereocenters. The van der Waals surface area contributed by atoms with Gasteiger partial charge in [-0.1, -0.05) is 29.3 Å². The number of amides is 2. The Balaban J connectivity index is 1.52. The molecule has 1 aliphatic carbocycles. The van der Waals surface area contributed by atoms with Crippen molar-refractivity contribution in [2.24, 2.45) is 11.0 Å². The number of rotatable bonds is 9. The molecule has 0 saturated heterocycles. The van der Waals surface area contributed by atoms with Gasteiger partial charge in [-0.05, 0) is 68.1 Å². The van der Waals surface area contributed by atoms with E-state index in [0.717, 1.165) is 18.9 Å². The molecule has 2 heterocycles. The van der Waals surface area contributed by atoms with Crippen molar-refractivity contribution in [1.29, 1.82) is 0 Å². The van der Waals surface area contributed by atoms with Crippen LogP contribution < -0.4 is 15.6 Å². The van der Waals surface area contributed by atoms with E-state index in [1.54, 1.807) is 6.07 Å². The fourth-order valence-electron chi connectivity index (χ4n) is 4.80. The summed E-state index contributed by atoms with van der Waals surface area (Å²) in [5.74, 6) is -0.654. The second-order valence-corrected chi connectivity index (χ2v) is 12.3. The maximum Gasteiger partial charge on any atom is 0.301 e. The van der Waals surface area contributed by atoms with Crippen LogP contribution in [0.3, 0.4) is 0 Å². The lowest BCUT2D eigenvalue weighted by Crippen LogP contribution is -2.40. The van der Waals surface area contributed by atoms with Gasteiger partial charge in [0.1, 0.15) is 6.04 Å². The highest BCUT2D eigenvalue weighted by Crippen LogP contribution is 2.36. The minimum Gasteiger partial charge on any atom is -0.349 e. The fourth-order valence-corrected chi connectivity index (χ4v) is 5.86. The molecule has 1 aromatic heterocycles. The van der Waals surface area contributed by atoms with Crippen molar-refractivity contribution in [3.63, 3.8) is 0 Å². The Morgan fingerprint density at radius 2 is 1.91 bits per heavy atom. The summed E-state index contributed by atoms with van der Waals surface area (Å²) >= 11 is 12.5. The van der Waals surface area contributed by atoms with Gasteiger partial charge in [0.2, 0.25) is 5.91 Å². The molecule has 2 unspecified atom stereocenters. The normalized spacial score (nSPS) is 17.3. The molecule has 5 rings (SSSR count).